The fourth-order valence-corrected chi connectivity index (χ4v) is 2.35. The zero-order valence-corrected chi connectivity index (χ0v) is 10.3. The first-order valence-corrected chi connectivity index (χ1v) is 5.95. The second kappa shape index (κ2) is 4.48. The van der Waals surface area contributed by atoms with Crippen molar-refractivity contribution in [1.29, 1.82) is 0 Å². The molecule has 1 atom stereocenters. The van der Waals surface area contributed by atoms with Crippen LogP contribution in [0.1, 0.15) is 25.3 Å². The molecular weight excluding hydrogens is 222 g/mol. The van der Waals surface area contributed by atoms with Crippen LogP contribution in [0.25, 0.3) is 10.9 Å². The summed E-state index contributed by atoms with van der Waals surface area (Å²) in [6.07, 6.45) is 2.09. The van der Waals surface area contributed by atoms with Gasteiger partial charge in [0.1, 0.15) is 0 Å². The molecule has 0 aliphatic carbocycles. The summed E-state index contributed by atoms with van der Waals surface area (Å²) in [7, 11) is 0. The van der Waals surface area contributed by atoms with Crippen LogP contribution in [0.3, 0.4) is 0 Å². The summed E-state index contributed by atoms with van der Waals surface area (Å²) < 4.78 is 2.17. The van der Waals surface area contributed by atoms with Crippen molar-refractivity contribution in [3.8, 4) is 0 Å². The van der Waals surface area contributed by atoms with Crippen LogP contribution in [0, 0.1) is 0 Å². The third-order valence-corrected chi connectivity index (χ3v) is 3.35. The number of aryl methyl sites for hydroxylation is 1. The third kappa shape index (κ3) is 1.72. The second-order valence-electron chi connectivity index (χ2n) is 4.09. The molecule has 1 unspecified atom stereocenters. The van der Waals surface area contributed by atoms with Gasteiger partial charge in [0.2, 0.25) is 0 Å². The summed E-state index contributed by atoms with van der Waals surface area (Å²) in [4.78, 5) is 0. The van der Waals surface area contributed by atoms with Crippen molar-refractivity contribution in [1.82, 2.24) is 4.57 Å². The number of halogens is 1. The molecule has 0 radical (unpaired) electrons. The van der Waals surface area contributed by atoms with E-state index in [1.807, 2.05) is 19.1 Å². The van der Waals surface area contributed by atoms with E-state index < -0.39 is 0 Å². The van der Waals surface area contributed by atoms with E-state index in [0.717, 1.165) is 28.0 Å². The Morgan fingerprint density at radius 2 is 2.19 bits per heavy atom. The van der Waals surface area contributed by atoms with E-state index in [0.29, 0.717) is 0 Å². The molecule has 1 N–H and O–H groups in total. The van der Waals surface area contributed by atoms with E-state index in [1.165, 1.54) is 0 Å². The molecule has 0 aliphatic rings. The standard InChI is InChI=1S/C13H16ClNO/c1-3-15-7-10(9(2)8-16)13-11(14)5-4-6-12(13)15/h4-7,9,16H,3,8H2,1-2H3. The predicted molar refractivity (Wildman–Crippen MR) is 68.1 cm³/mol. The number of hydrogen-bond acceptors (Lipinski definition) is 1. The highest BCUT2D eigenvalue weighted by atomic mass is 35.5. The van der Waals surface area contributed by atoms with Crippen molar-refractivity contribution in [2.24, 2.45) is 0 Å². The van der Waals surface area contributed by atoms with Crippen LogP contribution < -0.4 is 0 Å². The molecule has 0 saturated heterocycles. The lowest BCUT2D eigenvalue weighted by Crippen LogP contribution is -1.98. The highest BCUT2D eigenvalue weighted by molar-refractivity contribution is 6.35. The van der Waals surface area contributed by atoms with E-state index >= 15 is 0 Å². The first kappa shape index (κ1) is 11.5. The summed E-state index contributed by atoms with van der Waals surface area (Å²) in [5.74, 6) is 0.121. The zero-order valence-electron chi connectivity index (χ0n) is 9.57. The minimum Gasteiger partial charge on any atom is -0.396 e. The van der Waals surface area contributed by atoms with Gasteiger partial charge < -0.3 is 9.67 Å². The normalized spacial score (nSPS) is 13.2. The smallest absolute Gasteiger partial charge is 0.0502 e. The van der Waals surface area contributed by atoms with Gasteiger partial charge in [-0.25, -0.2) is 0 Å². The van der Waals surface area contributed by atoms with Crippen LogP contribution >= 0.6 is 11.6 Å². The Balaban J connectivity index is 2.74. The molecule has 2 nitrogen and oxygen atoms in total. The Hall–Kier alpha value is -0.990. The Morgan fingerprint density at radius 1 is 1.44 bits per heavy atom. The molecule has 16 heavy (non-hydrogen) atoms. The molecule has 0 spiro atoms. The maximum Gasteiger partial charge on any atom is 0.0502 e. The minimum atomic E-state index is 0.121. The van der Waals surface area contributed by atoms with E-state index in [-0.39, 0.29) is 12.5 Å². The lowest BCUT2D eigenvalue weighted by Gasteiger charge is -2.06. The summed E-state index contributed by atoms with van der Waals surface area (Å²) in [6, 6.07) is 5.93. The fourth-order valence-electron chi connectivity index (χ4n) is 2.07. The minimum absolute atomic E-state index is 0.121. The molecule has 0 amide bonds. The molecule has 1 aromatic heterocycles. The third-order valence-electron chi connectivity index (χ3n) is 3.03. The lowest BCUT2D eigenvalue weighted by molar-refractivity contribution is 0.273. The van der Waals surface area contributed by atoms with Crippen LogP contribution in [-0.4, -0.2) is 16.3 Å². The van der Waals surface area contributed by atoms with Gasteiger partial charge in [0.25, 0.3) is 0 Å². The molecule has 0 fully saturated rings. The van der Waals surface area contributed by atoms with Crippen molar-refractivity contribution in [2.75, 3.05) is 6.61 Å². The van der Waals surface area contributed by atoms with E-state index in [4.69, 9.17) is 11.6 Å². The number of benzene rings is 1. The molecule has 1 heterocycles. The molecule has 0 saturated carbocycles. The van der Waals surface area contributed by atoms with Crippen LogP contribution in [0.5, 0.6) is 0 Å². The van der Waals surface area contributed by atoms with Crippen LogP contribution in [0.15, 0.2) is 24.4 Å². The monoisotopic (exact) mass is 237 g/mol. The van der Waals surface area contributed by atoms with Crippen molar-refractivity contribution in [2.45, 2.75) is 26.3 Å². The van der Waals surface area contributed by atoms with E-state index in [9.17, 15) is 5.11 Å². The summed E-state index contributed by atoms with van der Waals surface area (Å²) in [5.41, 5.74) is 2.27. The number of fused-ring (bicyclic) bond motifs is 1. The highest BCUT2D eigenvalue weighted by Crippen LogP contribution is 2.32. The average Bonchev–Trinajstić information content (AvgIpc) is 2.68. The van der Waals surface area contributed by atoms with Gasteiger partial charge in [-0.2, -0.15) is 0 Å². The van der Waals surface area contributed by atoms with Gasteiger partial charge in [-0.15, -0.1) is 0 Å². The van der Waals surface area contributed by atoms with Gasteiger partial charge in [-0.05, 0) is 24.6 Å². The van der Waals surface area contributed by atoms with Crippen LogP contribution in [0.4, 0.5) is 0 Å². The fraction of sp³-hybridized carbons (Fsp3) is 0.385. The van der Waals surface area contributed by atoms with Crippen molar-refractivity contribution in [3.63, 3.8) is 0 Å². The Labute approximate surface area is 100 Å². The maximum absolute atomic E-state index is 9.27. The summed E-state index contributed by atoms with van der Waals surface area (Å²) in [5, 5.41) is 11.1. The molecule has 86 valence electrons. The van der Waals surface area contributed by atoms with E-state index in [2.05, 4.69) is 23.8 Å². The van der Waals surface area contributed by atoms with Gasteiger partial charge in [0.15, 0.2) is 0 Å². The molecule has 2 rings (SSSR count). The topological polar surface area (TPSA) is 25.2 Å². The van der Waals surface area contributed by atoms with Gasteiger partial charge in [0.05, 0.1) is 5.02 Å². The number of aliphatic hydroxyl groups excluding tert-OH is 1. The van der Waals surface area contributed by atoms with E-state index in [1.54, 1.807) is 0 Å². The second-order valence-corrected chi connectivity index (χ2v) is 4.50. The van der Waals surface area contributed by atoms with Gasteiger partial charge >= 0.3 is 0 Å². The average molecular weight is 238 g/mol. The number of nitrogens with zero attached hydrogens (tertiary/aromatic N) is 1. The Kier molecular flexibility index (Phi) is 3.22. The highest BCUT2D eigenvalue weighted by Gasteiger charge is 2.15. The van der Waals surface area contributed by atoms with Crippen molar-refractivity contribution in [3.05, 3.63) is 35.0 Å². The lowest BCUT2D eigenvalue weighted by atomic mass is 10.0. The largest absolute Gasteiger partial charge is 0.396 e. The molecule has 0 aliphatic heterocycles. The summed E-state index contributed by atoms with van der Waals surface area (Å²) >= 11 is 6.24. The number of aliphatic hydroxyl groups is 1. The predicted octanol–water partition coefficient (Wildman–Crippen LogP) is 3.41. The number of rotatable bonds is 3. The van der Waals surface area contributed by atoms with Crippen molar-refractivity contribution >= 4 is 22.5 Å². The first-order valence-electron chi connectivity index (χ1n) is 5.57. The number of hydrogen-bond donors (Lipinski definition) is 1. The maximum atomic E-state index is 9.27. The molecule has 0 bridgehead atoms. The zero-order chi connectivity index (χ0) is 11.7. The molecule has 3 heteroatoms. The van der Waals surface area contributed by atoms with Gasteiger partial charge in [-0.3, -0.25) is 0 Å². The van der Waals surface area contributed by atoms with Gasteiger partial charge in [0, 0.05) is 36.2 Å². The quantitative estimate of drug-likeness (QED) is 0.870. The van der Waals surface area contributed by atoms with Gasteiger partial charge in [-0.1, -0.05) is 24.6 Å². The van der Waals surface area contributed by atoms with Crippen LogP contribution in [-0.2, 0) is 6.54 Å². The summed E-state index contributed by atoms with van der Waals surface area (Å²) in [6.45, 7) is 5.18. The Morgan fingerprint density at radius 3 is 2.81 bits per heavy atom. The first-order chi connectivity index (χ1) is 7.69. The molecular formula is C13H16ClNO. The Bertz CT molecular complexity index is 504. The number of aromatic nitrogens is 1. The molecule has 1 aromatic carbocycles. The molecule has 2 aromatic rings. The van der Waals surface area contributed by atoms with Crippen molar-refractivity contribution < 1.29 is 5.11 Å². The van der Waals surface area contributed by atoms with Crippen LogP contribution in [0.2, 0.25) is 5.02 Å². The SMILES string of the molecule is CCn1cc(C(C)CO)c2c(Cl)cccc21.